The Labute approximate surface area is 367 Å². The van der Waals surface area contributed by atoms with Gasteiger partial charge in [-0.05, 0) is 87.2 Å². The standard InChI is InChI=1S/C47H55N9O5S/c1-30-12-16-33(17-13-30)47(32-10-8-7-9-11-32,34-18-22-37(60-6)23-19-34)62-27-26-50-39(57)25-24-38(44(59)61-46(2,3)4)53-43(58)31-14-20-36(21-15-31)56(5)29-35-28-51-42-40(52-35)41(48)54-45(49)55-42/h7-23,28,38,41H,24-27,29,48H2,1-6H3,(H,50,57)(H,53,58)(H3,49,51,54,55). The van der Waals surface area contributed by atoms with Gasteiger partial charge in [0.05, 0.1) is 30.3 Å². The molecule has 62 heavy (non-hydrogen) atoms. The highest BCUT2D eigenvalue weighted by Gasteiger charge is 2.37. The van der Waals surface area contributed by atoms with Crippen LogP contribution < -0.4 is 37.1 Å². The van der Waals surface area contributed by atoms with E-state index in [1.165, 1.54) is 0 Å². The van der Waals surface area contributed by atoms with Gasteiger partial charge in [0.15, 0.2) is 11.8 Å². The van der Waals surface area contributed by atoms with Gasteiger partial charge in [0.2, 0.25) is 5.91 Å². The molecule has 2 heterocycles. The minimum Gasteiger partial charge on any atom is -0.497 e. The summed E-state index contributed by atoms with van der Waals surface area (Å²) in [5, 5.41) is 8.72. The zero-order valence-corrected chi connectivity index (χ0v) is 36.8. The summed E-state index contributed by atoms with van der Waals surface area (Å²) >= 11 is 1.73. The molecule has 1 aliphatic heterocycles. The number of hydrogen-bond donors (Lipinski definition) is 5. The lowest BCUT2D eigenvalue weighted by Gasteiger charge is -2.35. The van der Waals surface area contributed by atoms with E-state index in [4.69, 9.17) is 20.9 Å². The molecule has 0 radical (unpaired) electrons. The van der Waals surface area contributed by atoms with Crippen LogP contribution in [0, 0.1) is 6.92 Å². The number of thioether (sulfide) groups is 1. The number of nitrogens with one attached hydrogen (secondary N) is 3. The van der Waals surface area contributed by atoms with Crippen LogP contribution in [0.5, 0.6) is 5.75 Å². The largest absolute Gasteiger partial charge is 0.497 e. The molecule has 0 fully saturated rings. The van der Waals surface area contributed by atoms with E-state index < -0.39 is 34.4 Å². The topological polar surface area (TPSA) is 199 Å². The summed E-state index contributed by atoms with van der Waals surface area (Å²) in [4.78, 5) is 55.4. The fourth-order valence-electron chi connectivity index (χ4n) is 7.05. The third-order valence-electron chi connectivity index (χ3n) is 10.2. The minimum atomic E-state index is -1.06. The molecule has 5 aromatic rings. The molecule has 14 nitrogen and oxygen atoms in total. The molecule has 0 saturated carbocycles. The smallest absolute Gasteiger partial charge is 0.329 e. The number of nitrogens with two attached hydrogens (primary N) is 2. The van der Waals surface area contributed by atoms with Gasteiger partial charge < -0.3 is 41.8 Å². The van der Waals surface area contributed by atoms with Crippen molar-refractivity contribution in [3.8, 4) is 5.75 Å². The fraction of sp³-hybridized carbons (Fsp3) is 0.319. The molecule has 324 valence electrons. The van der Waals surface area contributed by atoms with Crippen LogP contribution in [-0.4, -0.2) is 71.8 Å². The van der Waals surface area contributed by atoms with E-state index in [-0.39, 0.29) is 24.7 Å². The van der Waals surface area contributed by atoms with Crippen LogP contribution in [0.1, 0.15) is 83.8 Å². The quantitative estimate of drug-likeness (QED) is 0.0405. The average Bonchev–Trinajstić information content (AvgIpc) is 3.25. The van der Waals surface area contributed by atoms with Gasteiger partial charge >= 0.3 is 5.97 Å². The van der Waals surface area contributed by atoms with Crippen LogP contribution >= 0.6 is 11.8 Å². The van der Waals surface area contributed by atoms with Crippen LogP contribution in [0.15, 0.2) is 114 Å². The summed E-state index contributed by atoms with van der Waals surface area (Å²) in [7, 11) is 3.54. The first-order valence-corrected chi connectivity index (χ1v) is 21.4. The monoisotopic (exact) mass is 857 g/mol. The summed E-state index contributed by atoms with van der Waals surface area (Å²) in [6, 6.07) is 32.9. The number of anilines is 2. The molecule has 3 unspecified atom stereocenters. The number of nitrogens with zero attached hydrogens (tertiary/aromatic N) is 4. The average molecular weight is 858 g/mol. The molecule has 6 rings (SSSR count). The molecule has 3 atom stereocenters. The van der Waals surface area contributed by atoms with Crippen LogP contribution in [0.3, 0.4) is 0 Å². The number of fused-ring (bicyclic) bond motifs is 1. The van der Waals surface area contributed by atoms with Gasteiger partial charge in [0, 0.05) is 37.0 Å². The number of aryl methyl sites for hydroxylation is 1. The number of carbonyl (C=O) groups is 3. The van der Waals surface area contributed by atoms with E-state index in [2.05, 4.69) is 86.4 Å². The number of rotatable bonds is 17. The predicted octanol–water partition coefficient (Wildman–Crippen LogP) is 6.19. The second kappa shape index (κ2) is 19.9. The van der Waals surface area contributed by atoms with E-state index in [0.717, 1.165) is 33.7 Å². The van der Waals surface area contributed by atoms with Gasteiger partial charge in [-0.25, -0.2) is 19.8 Å². The van der Waals surface area contributed by atoms with Gasteiger partial charge in [0.1, 0.15) is 29.3 Å². The van der Waals surface area contributed by atoms with Gasteiger partial charge in [-0.3, -0.25) is 9.59 Å². The predicted molar refractivity (Wildman–Crippen MR) is 245 cm³/mol. The summed E-state index contributed by atoms with van der Waals surface area (Å²) in [5.74, 6) is 0.659. The Balaban J connectivity index is 1.08. The molecule has 0 bridgehead atoms. The van der Waals surface area contributed by atoms with Crippen molar-refractivity contribution in [1.82, 2.24) is 20.6 Å². The number of hydrogen-bond acceptors (Lipinski definition) is 13. The third-order valence-corrected chi connectivity index (χ3v) is 11.7. The SMILES string of the molecule is COc1ccc(C(SCCNC(=O)CCC(NC(=O)c2ccc(N(C)Cc3cnc4c(n3)C(N)N=C(N)N4)cc2)C(=O)OC(C)(C)C)(c2ccccc2)c2ccc(C)cc2)cc1. The minimum absolute atomic E-state index is 0.00878. The molecular formula is C47H55N9O5S. The number of aromatic nitrogens is 2. The molecule has 4 aromatic carbocycles. The van der Waals surface area contributed by atoms with Gasteiger partial charge in [-0.2, -0.15) is 0 Å². The second-order valence-electron chi connectivity index (χ2n) is 16.0. The number of aliphatic imine (C=N–C) groups is 1. The summed E-state index contributed by atoms with van der Waals surface area (Å²) in [6.45, 7) is 8.12. The molecular weight excluding hydrogens is 803 g/mol. The molecule has 1 aliphatic rings. The Morgan fingerprint density at radius 1 is 0.919 bits per heavy atom. The summed E-state index contributed by atoms with van der Waals surface area (Å²) in [5.41, 5.74) is 17.8. The Hall–Kier alpha value is -6.45. The lowest BCUT2D eigenvalue weighted by Crippen LogP contribution is -2.45. The lowest BCUT2D eigenvalue weighted by atomic mass is 9.83. The van der Waals surface area contributed by atoms with Crippen molar-refractivity contribution in [3.05, 3.63) is 149 Å². The van der Waals surface area contributed by atoms with Crippen LogP contribution in [0.4, 0.5) is 11.5 Å². The van der Waals surface area contributed by atoms with Crippen LogP contribution in [0.25, 0.3) is 0 Å². The van der Waals surface area contributed by atoms with E-state index >= 15 is 0 Å². The molecule has 0 spiro atoms. The van der Waals surface area contributed by atoms with Crippen molar-refractivity contribution in [3.63, 3.8) is 0 Å². The maximum Gasteiger partial charge on any atom is 0.329 e. The Morgan fingerprint density at radius 3 is 2.21 bits per heavy atom. The van der Waals surface area contributed by atoms with Gasteiger partial charge in [-0.1, -0.05) is 72.3 Å². The number of methoxy groups -OCH3 is 1. The van der Waals surface area contributed by atoms with Crippen molar-refractivity contribution in [2.75, 3.05) is 36.7 Å². The van der Waals surface area contributed by atoms with Gasteiger partial charge in [-0.15, -0.1) is 11.8 Å². The van der Waals surface area contributed by atoms with Crippen molar-refractivity contribution in [1.29, 1.82) is 0 Å². The van der Waals surface area contributed by atoms with E-state index in [1.807, 2.05) is 42.3 Å². The number of benzene rings is 4. The van der Waals surface area contributed by atoms with E-state index in [0.29, 0.717) is 41.6 Å². The lowest BCUT2D eigenvalue weighted by molar-refractivity contribution is -0.157. The van der Waals surface area contributed by atoms with Crippen molar-refractivity contribution >= 4 is 47.0 Å². The molecule has 7 N–H and O–H groups in total. The number of guanidine groups is 1. The van der Waals surface area contributed by atoms with Crippen molar-refractivity contribution in [2.24, 2.45) is 16.5 Å². The first-order chi connectivity index (χ1) is 29.6. The zero-order valence-electron chi connectivity index (χ0n) is 36.0. The number of amides is 2. The Morgan fingerprint density at radius 2 is 1.56 bits per heavy atom. The third kappa shape index (κ3) is 11.3. The molecule has 1 aromatic heterocycles. The summed E-state index contributed by atoms with van der Waals surface area (Å²) < 4.78 is 10.6. The van der Waals surface area contributed by atoms with Crippen LogP contribution in [0.2, 0.25) is 0 Å². The normalized spacial score (nSPS) is 14.8. The molecule has 0 saturated heterocycles. The molecule has 0 aliphatic carbocycles. The first kappa shape index (κ1) is 45.1. The molecule has 2 amide bonds. The summed E-state index contributed by atoms with van der Waals surface area (Å²) in [6.07, 6.45) is 0.957. The first-order valence-electron chi connectivity index (χ1n) is 20.4. The highest BCUT2D eigenvalue weighted by Crippen LogP contribution is 2.48. The van der Waals surface area contributed by atoms with Crippen molar-refractivity contribution in [2.45, 2.75) is 69.6 Å². The van der Waals surface area contributed by atoms with Gasteiger partial charge in [0.25, 0.3) is 5.91 Å². The second-order valence-corrected chi connectivity index (χ2v) is 17.3. The highest BCUT2D eigenvalue weighted by molar-refractivity contribution is 8.00. The number of esters is 1. The molecule has 15 heteroatoms. The Kier molecular flexibility index (Phi) is 14.5. The number of ether oxygens (including phenoxy) is 2. The maximum absolute atomic E-state index is 13.5. The van der Waals surface area contributed by atoms with E-state index in [1.54, 1.807) is 70.1 Å². The Bertz CT molecular complexity index is 2360. The maximum atomic E-state index is 13.5. The number of carbonyl (C=O) groups excluding carboxylic acids is 3. The van der Waals surface area contributed by atoms with Crippen LogP contribution in [-0.2, 0) is 25.6 Å². The highest BCUT2D eigenvalue weighted by atomic mass is 32.2. The fourth-order valence-corrected chi connectivity index (χ4v) is 8.46. The van der Waals surface area contributed by atoms with E-state index in [9.17, 15) is 14.4 Å². The van der Waals surface area contributed by atoms with Crippen molar-refractivity contribution < 1.29 is 23.9 Å². The zero-order chi connectivity index (χ0) is 44.4.